The van der Waals surface area contributed by atoms with Crippen molar-refractivity contribution in [1.82, 2.24) is 14.9 Å². The van der Waals surface area contributed by atoms with E-state index in [9.17, 15) is 4.79 Å². The lowest BCUT2D eigenvalue weighted by Gasteiger charge is -2.36. The number of hydrogen-bond donors (Lipinski definition) is 0. The Morgan fingerprint density at radius 3 is 2.31 bits per heavy atom. The van der Waals surface area contributed by atoms with Crippen molar-refractivity contribution >= 4 is 17.5 Å². The molecule has 29 heavy (non-hydrogen) atoms. The van der Waals surface area contributed by atoms with Crippen LogP contribution in [0, 0.1) is 6.92 Å². The van der Waals surface area contributed by atoms with Crippen LogP contribution >= 0.6 is 0 Å². The Bertz CT molecular complexity index is 844. The van der Waals surface area contributed by atoms with Crippen LogP contribution in [0.1, 0.15) is 16.2 Å². The zero-order valence-corrected chi connectivity index (χ0v) is 17.0. The highest BCUT2D eigenvalue weighted by atomic mass is 16.5. The van der Waals surface area contributed by atoms with Gasteiger partial charge in [0, 0.05) is 50.6 Å². The first-order chi connectivity index (χ1) is 14.1. The molecule has 3 heterocycles. The Balaban J connectivity index is 1.42. The van der Waals surface area contributed by atoms with E-state index < -0.39 is 0 Å². The molecule has 1 amide bonds. The lowest BCUT2D eigenvalue weighted by Crippen LogP contribution is -2.49. The van der Waals surface area contributed by atoms with Gasteiger partial charge in [-0.1, -0.05) is 0 Å². The smallest absolute Gasteiger partial charge is 0.272 e. The van der Waals surface area contributed by atoms with Crippen molar-refractivity contribution in [3.63, 3.8) is 0 Å². The molecule has 2 aliphatic heterocycles. The van der Waals surface area contributed by atoms with E-state index >= 15 is 0 Å². The second-order valence-corrected chi connectivity index (χ2v) is 7.27. The van der Waals surface area contributed by atoms with Crippen molar-refractivity contribution in [2.75, 3.05) is 69.4 Å². The molecule has 2 aliphatic rings. The van der Waals surface area contributed by atoms with Crippen LogP contribution in [-0.4, -0.2) is 80.4 Å². The maximum absolute atomic E-state index is 13.1. The fourth-order valence-corrected chi connectivity index (χ4v) is 3.69. The first-order valence-corrected chi connectivity index (χ1v) is 10.0. The zero-order chi connectivity index (χ0) is 20.2. The third-order valence-corrected chi connectivity index (χ3v) is 5.36. The van der Waals surface area contributed by atoms with Crippen LogP contribution in [0.4, 0.5) is 11.6 Å². The van der Waals surface area contributed by atoms with Crippen molar-refractivity contribution in [2.45, 2.75) is 6.92 Å². The number of amides is 1. The molecule has 4 rings (SSSR count). The van der Waals surface area contributed by atoms with E-state index in [0.29, 0.717) is 37.9 Å². The Morgan fingerprint density at radius 2 is 1.66 bits per heavy atom. The van der Waals surface area contributed by atoms with Gasteiger partial charge in [0.2, 0.25) is 5.95 Å². The Labute approximate surface area is 171 Å². The fourth-order valence-electron chi connectivity index (χ4n) is 3.69. The summed E-state index contributed by atoms with van der Waals surface area (Å²) in [4.78, 5) is 28.4. The largest absolute Gasteiger partial charge is 0.497 e. The number of rotatable bonds is 4. The molecule has 0 spiro atoms. The summed E-state index contributed by atoms with van der Waals surface area (Å²) in [6.45, 7) is 7.64. The minimum absolute atomic E-state index is 0.0283. The molecule has 0 atom stereocenters. The summed E-state index contributed by atoms with van der Waals surface area (Å²) < 4.78 is 10.6. The van der Waals surface area contributed by atoms with Gasteiger partial charge in [-0.3, -0.25) is 4.79 Å². The first-order valence-electron chi connectivity index (χ1n) is 10.0. The summed E-state index contributed by atoms with van der Waals surface area (Å²) >= 11 is 0. The van der Waals surface area contributed by atoms with Gasteiger partial charge >= 0.3 is 0 Å². The number of ether oxygens (including phenoxy) is 2. The highest BCUT2D eigenvalue weighted by molar-refractivity contribution is 5.93. The van der Waals surface area contributed by atoms with Gasteiger partial charge in [0.1, 0.15) is 11.4 Å². The van der Waals surface area contributed by atoms with Crippen molar-refractivity contribution in [3.8, 4) is 5.75 Å². The van der Waals surface area contributed by atoms with Crippen LogP contribution in [-0.2, 0) is 4.74 Å². The molecule has 2 saturated heterocycles. The van der Waals surface area contributed by atoms with Gasteiger partial charge in [0.25, 0.3) is 5.91 Å². The summed E-state index contributed by atoms with van der Waals surface area (Å²) in [6, 6.07) is 9.81. The van der Waals surface area contributed by atoms with Gasteiger partial charge < -0.3 is 24.2 Å². The van der Waals surface area contributed by atoms with Crippen molar-refractivity contribution in [3.05, 3.63) is 41.7 Å². The van der Waals surface area contributed by atoms with E-state index in [0.717, 1.165) is 43.3 Å². The predicted octanol–water partition coefficient (Wildman–Crippen LogP) is 1.59. The quantitative estimate of drug-likeness (QED) is 0.776. The Hall–Kier alpha value is -2.87. The number of morpholine rings is 1. The molecule has 1 aromatic heterocycles. The molecule has 0 radical (unpaired) electrons. The minimum Gasteiger partial charge on any atom is -0.497 e. The highest BCUT2D eigenvalue weighted by Gasteiger charge is 2.25. The minimum atomic E-state index is -0.0283. The summed E-state index contributed by atoms with van der Waals surface area (Å²) in [5.74, 6) is 1.44. The lowest BCUT2D eigenvalue weighted by molar-refractivity contribution is 0.0740. The number of aromatic nitrogens is 2. The molecule has 8 heteroatoms. The summed E-state index contributed by atoms with van der Waals surface area (Å²) in [5.41, 5.74) is 2.42. The van der Waals surface area contributed by atoms with Gasteiger partial charge in [0.05, 0.1) is 20.3 Å². The number of carbonyl (C=O) groups excluding carboxylic acids is 1. The number of anilines is 2. The molecular weight excluding hydrogens is 370 g/mol. The molecule has 2 aromatic rings. The van der Waals surface area contributed by atoms with Crippen LogP contribution < -0.4 is 14.5 Å². The van der Waals surface area contributed by atoms with E-state index in [1.165, 1.54) is 0 Å². The van der Waals surface area contributed by atoms with Crippen LogP contribution in [0.15, 0.2) is 30.3 Å². The molecule has 1 aromatic carbocycles. The van der Waals surface area contributed by atoms with Gasteiger partial charge in [-0.25, -0.2) is 9.97 Å². The monoisotopic (exact) mass is 397 g/mol. The van der Waals surface area contributed by atoms with Crippen molar-refractivity contribution in [2.24, 2.45) is 0 Å². The van der Waals surface area contributed by atoms with E-state index in [4.69, 9.17) is 9.47 Å². The molecule has 0 bridgehead atoms. The molecule has 0 aliphatic carbocycles. The second-order valence-electron chi connectivity index (χ2n) is 7.27. The molecule has 8 nitrogen and oxygen atoms in total. The average Bonchev–Trinajstić information content (AvgIpc) is 2.79. The van der Waals surface area contributed by atoms with Gasteiger partial charge in [-0.2, -0.15) is 0 Å². The maximum Gasteiger partial charge on any atom is 0.272 e. The molecular formula is C21H27N5O3. The molecule has 0 unspecified atom stereocenters. The highest BCUT2D eigenvalue weighted by Crippen LogP contribution is 2.21. The molecule has 2 fully saturated rings. The van der Waals surface area contributed by atoms with Crippen LogP contribution in [0.5, 0.6) is 5.75 Å². The number of carbonyl (C=O) groups is 1. The fraction of sp³-hybridized carbons (Fsp3) is 0.476. The maximum atomic E-state index is 13.1. The van der Waals surface area contributed by atoms with Crippen LogP contribution in [0.2, 0.25) is 0 Å². The van der Waals surface area contributed by atoms with E-state index in [-0.39, 0.29) is 5.91 Å². The topological polar surface area (TPSA) is 71.0 Å². The average molecular weight is 397 g/mol. The third kappa shape index (κ3) is 4.42. The molecule has 0 saturated carbocycles. The van der Waals surface area contributed by atoms with E-state index in [1.54, 1.807) is 13.2 Å². The summed E-state index contributed by atoms with van der Waals surface area (Å²) in [6.07, 6.45) is 0. The zero-order valence-electron chi connectivity index (χ0n) is 17.0. The Kier molecular flexibility index (Phi) is 5.80. The number of methoxy groups -OCH3 is 1. The van der Waals surface area contributed by atoms with E-state index in [1.807, 2.05) is 24.0 Å². The predicted molar refractivity (Wildman–Crippen MR) is 111 cm³/mol. The number of nitrogens with zero attached hydrogens (tertiary/aromatic N) is 5. The summed E-state index contributed by atoms with van der Waals surface area (Å²) in [5, 5.41) is 0. The van der Waals surface area contributed by atoms with Crippen molar-refractivity contribution < 1.29 is 14.3 Å². The van der Waals surface area contributed by atoms with Crippen molar-refractivity contribution in [1.29, 1.82) is 0 Å². The van der Waals surface area contributed by atoms with E-state index in [2.05, 4.69) is 31.9 Å². The van der Waals surface area contributed by atoms with Gasteiger partial charge in [-0.15, -0.1) is 0 Å². The number of benzene rings is 1. The summed E-state index contributed by atoms with van der Waals surface area (Å²) in [7, 11) is 1.67. The SMILES string of the molecule is COc1ccc(N2CCN(C(=O)c3cc(C)nc(N4CCOCC4)n3)CC2)cc1. The first kappa shape index (κ1) is 19.4. The normalized spacial score (nSPS) is 17.4. The van der Waals surface area contributed by atoms with Gasteiger partial charge in [-0.05, 0) is 37.3 Å². The third-order valence-electron chi connectivity index (χ3n) is 5.36. The number of aryl methyl sites for hydroxylation is 1. The standard InChI is InChI=1S/C21H27N5O3/c1-16-15-19(23-21(22-16)26-11-13-29-14-12-26)20(27)25-9-7-24(8-10-25)17-3-5-18(28-2)6-4-17/h3-6,15H,7-14H2,1-2H3. The lowest BCUT2D eigenvalue weighted by atomic mass is 10.2. The Morgan fingerprint density at radius 1 is 0.966 bits per heavy atom. The number of hydrogen-bond acceptors (Lipinski definition) is 7. The molecule has 0 N–H and O–H groups in total. The second kappa shape index (κ2) is 8.65. The van der Waals surface area contributed by atoms with Gasteiger partial charge in [0.15, 0.2) is 0 Å². The number of piperazine rings is 1. The molecule has 154 valence electrons. The van der Waals surface area contributed by atoms with Crippen LogP contribution in [0.3, 0.4) is 0 Å². The van der Waals surface area contributed by atoms with Crippen LogP contribution in [0.25, 0.3) is 0 Å².